The van der Waals surface area contributed by atoms with Gasteiger partial charge in [-0.1, -0.05) is 6.07 Å². The van der Waals surface area contributed by atoms with Gasteiger partial charge in [0, 0.05) is 18.7 Å². The van der Waals surface area contributed by atoms with E-state index in [1.807, 2.05) is 38.1 Å². The van der Waals surface area contributed by atoms with Gasteiger partial charge in [0.1, 0.15) is 0 Å². The third-order valence-corrected chi connectivity index (χ3v) is 3.75. The lowest BCUT2D eigenvalue weighted by Crippen LogP contribution is -2.23. The molecule has 0 unspecified atom stereocenters. The molecule has 0 saturated heterocycles. The van der Waals surface area contributed by atoms with Gasteiger partial charge in [-0.15, -0.1) is 10.2 Å². The highest BCUT2D eigenvalue weighted by Gasteiger charge is 2.09. The molecule has 0 saturated carbocycles. The number of benzene rings is 1. The number of nitrogens with zero attached hydrogens (tertiary/aromatic N) is 3. The Labute approximate surface area is 131 Å². The minimum Gasteiger partial charge on any atom is -0.356 e. The summed E-state index contributed by atoms with van der Waals surface area (Å²) in [5.74, 6) is 1.10. The van der Waals surface area contributed by atoms with Crippen LogP contribution in [0.15, 0.2) is 30.3 Å². The molecule has 1 aromatic heterocycles. The van der Waals surface area contributed by atoms with E-state index < -0.39 is 0 Å². The largest absolute Gasteiger partial charge is 0.356 e. The highest BCUT2D eigenvalue weighted by molar-refractivity contribution is 6.03. The fourth-order valence-electron chi connectivity index (χ4n) is 2.18. The zero-order valence-electron chi connectivity index (χ0n) is 13.6. The average Bonchev–Trinajstić information content (AvgIpc) is 2.52. The van der Waals surface area contributed by atoms with Crippen molar-refractivity contribution in [3.05, 3.63) is 47.0 Å². The van der Waals surface area contributed by atoms with Crippen LogP contribution in [0.3, 0.4) is 0 Å². The fourth-order valence-corrected chi connectivity index (χ4v) is 2.18. The molecule has 5 nitrogen and oxygen atoms in total. The summed E-state index contributed by atoms with van der Waals surface area (Å²) in [7, 11) is 0. The summed E-state index contributed by atoms with van der Waals surface area (Å²) in [4.78, 5) is 14.3. The number of aromatic nitrogens is 2. The number of hydrogen-bond acceptors (Lipinski definition) is 4. The van der Waals surface area contributed by atoms with Gasteiger partial charge in [-0.25, -0.2) is 0 Å². The van der Waals surface area contributed by atoms with E-state index >= 15 is 0 Å². The topological polar surface area (TPSA) is 58.1 Å². The molecule has 0 aliphatic carbocycles. The lowest BCUT2D eigenvalue weighted by Gasteiger charge is -2.18. The molecule has 0 aliphatic heterocycles. The Balaban J connectivity index is 2.10. The molecule has 0 spiro atoms. The van der Waals surface area contributed by atoms with Crippen LogP contribution >= 0.6 is 0 Å². The van der Waals surface area contributed by atoms with Crippen molar-refractivity contribution in [1.82, 2.24) is 10.2 Å². The van der Waals surface area contributed by atoms with Crippen molar-refractivity contribution in [2.45, 2.75) is 27.7 Å². The predicted molar refractivity (Wildman–Crippen MR) is 89.5 cm³/mol. The third-order valence-electron chi connectivity index (χ3n) is 3.75. The average molecular weight is 298 g/mol. The van der Waals surface area contributed by atoms with Gasteiger partial charge in [-0.2, -0.15) is 0 Å². The molecule has 1 N–H and O–H groups in total. The molecule has 116 valence electrons. The van der Waals surface area contributed by atoms with Crippen LogP contribution in [0, 0.1) is 13.8 Å². The van der Waals surface area contributed by atoms with E-state index in [4.69, 9.17) is 0 Å². The molecule has 1 heterocycles. The number of amides is 1. The van der Waals surface area contributed by atoms with Gasteiger partial charge in [-0.3, -0.25) is 4.79 Å². The molecule has 2 aromatic rings. The Morgan fingerprint density at radius 1 is 1.05 bits per heavy atom. The van der Waals surface area contributed by atoms with Crippen molar-refractivity contribution in [1.29, 1.82) is 0 Å². The van der Waals surface area contributed by atoms with Crippen molar-refractivity contribution in [2.24, 2.45) is 0 Å². The van der Waals surface area contributed by atoms with Gasteiger partial charge in [0.25, 0.3) is 5.91 Å². The number of hydrogen-bond donors (Lipinski definition) is 1. The maximum Gasteiger partial charge on any atom is 0.256 e. The monoisotopic (exact) mass is 298 g/mol. The zero-order chi connectivity index (χ0) is 16.1. The number of rotatable bonds is 5. The Bertz CT molecular complexity index is 648. The Hall–Kier alpha value is -2.43. The molecular weight excluding hydrogens is 276 g/mol. The Morgan fingerprint density at radius 3 is 2.32 bits per heavy atom. The van der Waals surface area contributed by atoms with Crippen LogP contribution in [0.1, 0.15) is 35.3 Å². The van der Waals surface area contributed by atoms with E-state index in [9.17, 15) is 4.79 Å². The number of nitrogens with one attached hydrogen (secondary N) is 1. The Morgan fingerprint density at radius 2 is 1.77 bits per heavy atom. The summed E-state index contributed by atoms with van der Waals surface area (Å²) < 4.78 is 0. The third kappa shape index (κ3) is 3.61. The van der Waals surface area contributed by atoms with Gasteiger partial charge in [0.05, 0.1) is 0 Å². The lowest BCUT2D eigenvalue weighted by molar-refractivity contribution is 0.102. The number of aryl methyl sites for hydroxylation is 2. The second-order valence-corrected chi connectivity index (χ2v) is 5.20. The van der Waals surface area contributed by atoms with Crippen molar-refractivity contribution in [2.75, 3.05) is 23.3 Å². The molecular formula is C17H22N4O. The Kier molecular flexibility index (Phi) is 5.09. The van der Waals surface area contributed by atoms with E-state index in [0.717, 1.165) is 24.5 Å². The molecule has 1 aromatic carbocycles. The molecule has 0 bridgehead atoms. The highest BCUT2D eigenvalue weighted by atomic mass is 16.1. The maximum atomic E-state index is 12.2. The first-order chi connectivity index (χ1) is 10.5. The summed E-state index contributed by atoms with van der Waals surface area (Å²) >= 11 is 0. The molecule has 0 radical (unpaired) electrons. The van der Waals surface area contributed by atoms with E-state index in [1.165, 1.54) is 5.56 Å². The van der Waals surface area contributed by atoms with Crippen LogP contribution in [-0.2, 0) is 0 Å². The van der Waals surface area contributed by atoms with Crippen LogP contribution in [0.5, 0.6) is 0 Å². The van der Waals surface area contributed by atoms with Gasteiger partial charge >= 0.3 is 0 Å². The van der Waals surface area contributed by atoms with E-state index in [0.29, 0.717) is 11.4 Å². The molecule has 0 fully saturated rings. The molecule has 2 rings (SSSR count). The van der Waals surface area contributed by atoms with Gasteiger partial charge in [0.15, 0.2) is 11.6 Å². The molecule has 5 heteroatoms. The number of anilines is 2. The van der Waals surface area contributed by atoms with Crippen LogP contribution in [0.4, 0.5) is 11.6 Å². The van der Waals surface area contributed by atoms with Crippen LogP contribution in [0.2, 0.25) is 0 Å². The second kappa shape index (κ2) is 7.02. The quantitative estimate of drug-likeness (QED) is 0.921. The minimum absolute atomic E-state index is 0.173. The zero-order valence-corrected chi connectivity index (χ0v) is 13.6. The molecule has 0 atom stereocenters. The highest BCUT2D eigenvalue weighted by Crippen LogP contribution is 2.14. The van der Waals surface area contributed by atoms with Crippen molar-refractivity contribution in [3.63, 3.8) is 0 Å². The number of carbonyl (C=O) groups is 1. The van der Waals surface area contributed by atoms with Gasteiger partial charge in [-0.05, 0) is 63.1 Å². The van der Waals surface area contributed by atoms with Gasteiger partial charge < -0.3 is 10.2 Å². The standard InChI is InChI=1S/C17H22N4O/c1-5-21(6-2)16-10-9-15(19-20-16)18-17(22)14-8-7-12(3)13(4)11-14/h7-11H,5-6H2,1-4H3,(H,18,19,22). The van der Waals surface area contributed by atoms with Crippen LogP contribution in [-0.4, -0.2) is 29.2 Å². The van der Waals surface area contributed by atoms with E-state index in [-0.39, 0.29) is 5.91 Å². The summed E-state index contributed by atoms with van der Waals surface area (Å²) in [6.45, 7) is 9.90. The molecule has 1 amide bonds. The summed E-state index contributed by atoms with van der Waals surface area (Å²) in [5.41, 5.74) is 2.88. The lowest BCUT2D eigenvalue weighted by atomic mass is 10.1. The predicted octanol–water partition coefficient (Wildman–Crippen LogP) is 3.19. The first kappa shape index (κ1) is 15.9. The minimum atomic E-state index is -0.173. The van der Waals surface area contributed by atoms with Crippen molar-refractivity contribution in [3.8, 4) is 0 Å². The van der Waals surface area contributed by atoms with Crippen LogP contribution in [0.25, 0.3) is 0 Å². The SMILES string of the molecule is CCN(CC)c1ccc(NC(=O)c2ccc(C)c(C)c2)nn1. The molecule has 22 heavy (non-hydrogen) atoms. The normalized spacial score (nSPS) is 10.4. The fraction of sp³-hybridized carbons (Fsp3) is 0.353. The summed E-state index contributed by atoms with van der Waals surface area (Å²) in [6.07, 6.45) is 0. The second-order valence-electron chi connectivity index (χ2n) is 5.20. The smallest absolute Gasteiger partial charge is 0.256 e. The first-order valence-electron chi connectivity index (χ1n) is 7.52. The first-order valence-corrected chi connectivity index (χ1v) is 7.52. The van der Waals surface area contributed by atoms with Crippen molar-refractivity contribution < 1.29 is 4.79 Å². The maximum absolute atomic E-state index is 12.2. The van der Waals surface area contributed by atoms with E-state index in [2.05, 4.69) is 34.3 Å². The van der Waals surface area contributed by atoms with Crippen LogP contribution < -0.4 is 10.2 Å². The number of carbonyl (C=O) groups excluding carboxylic acids is 1. The summed E-state index contributed by atoms with van der Waals surface area (Å²) in [5, 5.41) is 11.0. The summed E-state index contributed by atoms with van der Waals surface area (Å²) in [6, 6.07) is 9.28. The van der Waals surface area contributed by atoms with Crippen molar-refractivity contribution >= 4 is 17.5 Å². The molecule has 0 aliphatic rings. The van der Waals surface area contributed by atoms with Gasteiger partial charge in [0.2, 0.25) is 0 Å². The van der Waals surface area contributed by atoms with E-state index in [1.54, 1.807) is 6.07 Å².